The number of hydrogen-bond donors (Lipinski definition) is 0. The quantitative estimate of drug-likeness (QED) is 0.559. The van der Waals surface area contributed by atoms with E-state index in [9.17, 15) is 13.2 Å². The first-order valence-electron chi connectivity index (χ1n) is 2.48. The number of nitrogens with zero attached hydrogens (tertiary/aromatic N) is 1. The molecule has 1 unspecified atom stereocenters. The van der Waals surface area contributed by atoms with Crippen LogP contribution in [0.2, 0.25) is 0 Å². The number of alkyl halides is 3. The lowest BCUT2D eigenvalue weighted by molar-refractivity contribution is -0.330. The van der Waals surface area contributed by atoms with Gasteiger partial charge in [-0.25, -0.2) is 4.40 Å². The highest BCUT2D eigenvalue weighted by molar-refractivity contribution is 7.98. The Morgan fingerprint density at radius 1 is 1.60 bits per heavy atom. The lowest BCUT2D eigenvalue weighted by Gasteiger charge is -2.09. The van der Waals surface area contributed by atoms with E-state index in [0.29, 0.717) is 0 Å². The Hall–Kier alpha value is -0.230. The Bertz CT molecular complexity index is 146. The standard InChI is InChI=1S/C4H4F3NOS/c5-4(6,7)9-3-1-8-10-2-3/h1,3H,2H2. The summed E-state index contributed by atoms with van der Waals surface area (Å²) in [5.41, 5.74) is 0. The van der Waals surface area contributed by atoms with Crippen molar-refractivity contribution in [1.29, 1.82) is 0 Å². The third-order valence-electron chi connectivity index (χ3n) is 0.825. The lowest BCUT2D eigenvalue weighted by Crippen LogP contribution is -2.24. The van der Waals surface area contributed by atoms with E-state index in [1.54, 1.807) is 0 Å². The molecule has 0 saturated carbocycles. The second-order valence-corrected chi connectivity index (χ2v) is 2.45. The van der Waals surface area contributed by atoms with Gasteiger partial charge in [0.1, 0.15) is 6.10 Å². The highest BCUT2D eigenvalue weighted by Crippen LogP contribution is 2.22. The van der Waals surface area contributed by atoms with Crippen molar-refractivity contribution < 1.29 is 17.9 Å². The maximum absolute atomic E-state index is 11.4. The summed E-state index contributed by atoms with van der Waals surface area (Å²) in [5, 5.41) is 0. The smallest absolute Gasteiger partial charge is 0.282 e. The Kier molecular flexibility index (Phi) is 2.20. The van der Waals surface area contributed by atoms with Gasteiger partial charge in [-0.1, -0.05) is 0 Å². The molecule has 0 amide bonds. The van der Waals surface area contributed by atoms with E-state index in [0.717, 1.165) is 18.2 Å². The Morgan fingerprint density at radius 2 is 2.30 bits per heavy atom. The molecule has 6 heteroatoms. The predicted molar refractivity (Wildman–Crippen MR) is 31.9 cm³/mol. The van der Waals surface area contributed by atoms with Gasteiger partial charge >= 0.3 is 6.36 Å². The monoisotopic (exact) mass is 171 g/mol. The van der Waals surface area contributed by atoms with Gasteiger partial charge in [-0.2, -0.15) is 0 Å². The van der Waals surface area contributed by atoms with Crippen LogP contribution in [0.4, 0.5) is 13.2 Å². The van der Waals surface area contributed by atoms with E-state index < -0.39 is 12.5 Å². The minimum absolute atomic E-state index is 0.250. The van der Waals surface area contributed by atoms with Crippen molar-refractivity contribution in [2.75, 3.05) is 5.75 Å². The molecule has 0 aromatic heterocycles. The van der Waals surface area contributed by atoms with Gasteiger partial charge in [0.2, 0.25) is 0 Å². The largest absolute Gasteiger partial charge is 0.523 e. The van der Waals surface area contributed by atoms with E-state index in [1.165, 1.54) is 0 Å². The maximum atomic E-state index is 11.4. The molecule has 0 saturated heterocycles. The molecule has 0 aromatic rings. The summed E-state index contributed by atoms with van der Waals surface area (Å²) in [6.45, 7) is 0. The summed E-state index contributed by atoms with van der Waals surface area (Å²) >= 11 is 1.07. The van der Waals surface area contributed by atoms with Gasteiger partial charge in [-0.05, 0) is 11.9 Å². The molecule has 1 aliphatic heterocycles. The van der Waals surface area contributed by atoms with Gasteiger partial charge in [0.15, 0.2) is 0 Å². The first-order valence-corrected chi connectivity index (χ1v) is 3.42. The average Bonchev–Trinajstić information content (AvgIpc) is 2.12. The summed E-state index contributed by atoms with van der Waals surface area (Å²) < 4.78 is 41.4. The molecule has 0 spiro atoms. The first kappa shape index (κ1) is 7.87. The second kappa shape index (κ2) is 2.79. The van der Waals surface area contributed by atoms with Gasteiger partial charge in [0.25, 0.3) is 0 Å². The molecule has 1 atom stereocenters. The maximum Gasteiger partial charge on any atom is 0.523 e. The van der Waals surface area contributed by atoms with Crippen LogP contribution in [0.15, 0.2) is 4.40 Å². The number of ether oxygens (including phenoxy) is 1. The van der Waals surface area contributed by atoms with Gasteiger partial charge in [0.05, 0.1) is 0 Å². The van der Waals surface area contributed by atoms with Gasteiger partial charge in [0, 0.05) is 12.0 Å². The van der Waals surface area contributed by atoms with Crippen molar-refractivity contribution in [3.05, 3.63) is 0 Å². The highest BCUT2D eigenvalue weighted by Gasteiger charge is 2.33. The molecule has 1 rings (SSSR count). The minimum Gasteiger partial charge on any atom is -0.282 e. The third-order valence-corrected chi connectivity index (χ3v) is 1.57. The van der Waals surface area contributed by atoms with Crippen molar-refractivity contribution in [3.63, 3.8) is 0 Å². The van der Waals surface area contributed by atoms with Crippen LogP contribution in [-0.4, -0.2) is 24.4 Å². The SMILES string of the molecule is FC(F)(F)OC1C=NSC1. The third kappa shape index (κ3) is 2.57. The second-order valence-electron chi connectivity index (χ2n) is 1.65. The van der Waals surface area contributed by atoms with Gasteiger partial charge in [-0.15, -0.1) is 13.2 Å². The summed E-state index contributed by atoms with van der Waals surface area (Å²) in [6.07, 6.45) is -4.29. The van der Waals surface area contributed by atoms with Crippen LogP contribution in [-0.2, 0) is 4.74 Å². The molecule has 0 fully saturated rings. The fourth-order valence-electron chi connectivity index (χ4n) is 0.507. The van der Waals surface area contributed by atoms with Crippen LogP contribution < -0.4 is 0 Å². The first-order chi connectivity index (χ1) is 4.58. The topological polar surface area (TPSA) is 21.6 Å². The molecule has 0 aromatic carbocycles. The number of halogens is 3. The molecule has 0 N–H and O–H groups in total. The average molecular weight is 171 g/mol. The molecule has 58 valence electrons. The Labute approximate surface area is 59.6 Å². The van der Waals surface area contributed by atoms with Crippen molar-refractivity contribution >= 4 is 18.2 Å². The van der Waals surface area contributed by atoms with Crippen LogP contribution in [0.5, 0.6) is 0 Å². The lowest BCUT2D eigenvalue weighted by atomic mass is 10.4. The van der Waals surface area contributed by atoms with Gasteiger partial charge < -0.3 is 0 Å². The normalized spacial score (nSPS) is 25.7. The molecule has 0 aliphatic carbocycles. The van der Waals surface area contributed by atoms with E-state index in [1.807, 2.05) is 0 Å². The molecule has 10 heavy (non-hydrogen) atoms. The van der Waals surface area contributed by atoms with Crippen LogP contribution >= 0.6 is 11.9 Å². The molecular formula is C4H4F3NOS. The predicted octanol–water partition coefficient (Wildman–Crippen LogP) is 1.62. The van der Waals surface area contributed by atoms with E-state index in [4.69, 9.17) is 0 Å². The molecule has 1 heterocycles. The van der Waals surface area contributed by atoms with Crippen LogP contribution in [0.25, 0.3) is 0 Å². The Morgan fingerprint density at radius 3 is 2.70 bits per heavy atom. The molecule has 2 nitrogen and oxygen atoms in total. The highest BCUT2D eigenvalue weighted by atomic mass is 32.2. The Balaban J connectivity index is 2.31. The number of hydrogen-bond acceptors (Lipinski definition) is 3. The van der Waals surface area contributed by atoms with Crippen molar-refractivity contribution in [2.45, 2.75) is 12.5 Å². The molecular weight excluding hydrogens is 167 g/mol. The zero-order chi connectivity index (χ0) is 7.61. The minimum atomic E-state index is -4.54. The van der Waals surface area contributed by atoms with Crippen molar-refractivity contribution in [1.82, 2.24) is 0 Å². The molecule has 0 radical (unpaired) electrons. The summed E-state index contributed by atoms with van der Waals surface area (Å²) in [7, 11) is 0. The zero-order valence-corrected chi connectivity index (χ0v) is 5.58. The summed E-state index contributed by atoms with van der Waals surface area (Å²) in [5.74, 6) is 0.250. The van der Waals surface area contributed by atoms with Crippen LogP contribution in [0.1, 0.15) is 0 Å². The summed E-state index contributed by atoms with van der Waals surface area (Å²) in [6, 6.07) is 0. The van der Waals surface area contributed by atoms with E-state index >= 15 is 0 Å². The fourth-order valence-corrected chi connectivity index (χ4v) is 1.12. The molecule has 1 aliphatic rings. The van der Waals surface area contributed by atoms with E-state index in [-0.39, 0.29) is 5.75 Å². The van der Waals surface area contributed by atoms with Crippen molar-refractivity contribution in [3.8, 4) is 0 Å². The van der Waals surface area contributed by atoms with Crippen LogP contribution in [0.3, 0.4) is 0 Å². The van der Waals surface area contributed by atoms with Gasteiger partial charge in [-0.3, -0.25) is 4.74 Å². The summed E-state index contributed by atoms with van der Waals surface area (Å²) in [4.78, 5) is 0. The zero-order valence-electron chi connectivity index (χ0n) is 4.76. The molecule has 0 bridgehead atoms. The van der Waals surface area contributed by atoms with Crippen molar-refractivity contribution in [2.24, 2.45) is 4.40 Å². The van der Waals surface area contributed by atoms with Crippen LogP contribution in [0, 0.1) is 0 Å². The number of rotatable bonds is 1. The fraction of sp³-hybridized carbons (Fsp3) is 0.750. The van der Waals surface area contributed by atoms with E-state index in [2.05, 4.69) is 9.13 Å².